The second-order valence-electron chi connectivity index (χ2n) is 9.35. The van der Waals surface area contributed by atoms with Crippen LogP contribution >= 0.6 is 0 Å². The Labute approximate surface area is 167 Å². The lowest BCUT2D eigenvalue weighted by molar-refractivity contribution is -0.115. The summed E-state index contributed by atoms with van der Waals surface area (Å²) in [6.45, 7) is 0. The van der Waals surface area contributed by atoms with Crippen molar-refractivity contribution < 1.29 is 9.53 Å². The molecule has 4 fully saturated rings. The molecule has 6 rings (SSSR count). The van der Waals surface area contributed by atoms with Crippen LogP contribution in [0.3, 0.4) is 0 Å². The predicted octanol–water partition coefficient (Wildman–Crippen LogP) is 5.34. The summed E-state index contributed by atoms with van der Waals surface area (Å²) in [6.07, 6.45) is 8.92. The van der Waals surface area contributed by atoms with E-state index in [-0.39, 0.29) is 5.91 Å². The van der Waals surface area contributed by atoms with Gasteiger partial charge in [0.1, 0.15) is 5.75 Å². The Morgan fingerprint density at radius 3 is 2.04 bits per heavy atom. The predicted molar refractivity (Wildman–Crippen MR) is 112 cm³/mol. The topological polar surface area (TPSA) is 38.3 Å². The van der Waals surface area contributed by atoms with Gasteiger partial charge in [0.05, 0.1) is 13.5 Å². The number of rotatable bonds is 5. The van der Waals surface area contributed by atoms with Crippen LogP contribution < -0.4 is 10.1 Å². The molecule has 2 aromatic carbocycles. The third kappa shape index (κ3) is 3.32. The fourth-order valence-electron chi connectivity index (χ4n) is 6.51. The summed E-state index contributed by atoms with van der Waals surface area (Å²) in [6, 6.07) is 16.4. The summed E-state index contributed by atoms with van der Waals surface area (Å²) in [5.41, 5.74) is 3.80. The number of carbonyl (C=O) groups excluding carboxylic acids is 1. The number of methoxy groups -OCH3 is 1. The zero-order valence-corrected chi connectivity index (χ0v) is 16.6. The maximum absolute atomic E-state index is 12.4. The van der Waals surface area contributed by atoms with Gasteiger partial charge in [0.25, 0.3) is 0 Å². The molecule has 4 aliphatic carbocycles. The highest BCUT2D eigenvalue weighted by Crippen LogP contribution is 2.60. The summed E-state index contributed by atoms with van der Waals surface area (Å²) in [5.74, 6) is 3.69. The SMILES string of the molecule is COc1ccc(CC(=O)Nc2ccc(C34CC5CC(CC(C5)C3)C4)cc2)cc1. The van der Waals surface area contributed by atoms with E-state index in [4.69, 9.17) is 4.74 Å². The van der Waals surface area contributed by atoms with Crippen LogP contribution in [0.5, 0.6) is 5.75 Å². The van der Waals surface area contributed by atoms with Gasteiger partial charge in [-0.3, -0.25) is 4.79 Å². The van der Waals surface area contributed by atoms with Gasteiger partial charge in [-0.25, -0.2) is 0 Å². The summed E-state index contributed by atoms with van der Waals surface area (Å²) in [4.78, 5) is 12.4. The van der Waals surface area contributed by atoms with E-state index in [1.54, 1.807) is 7.11 Å². The molecule has 0 unspecified atom stereocenters. The highest BCUT2D eigenvalue weighted by Gasteiger charge is 2.51. The molecular formula is C25H29NO2. The molecule has 0 spiro atoms. The van der Waals surface area contributed by atoms with E-state index in [0.29, 0.717) is 11.8 Å². The monoisotopic (exact) mass is 375 g/mol. The lowest BCUT2D eigenvalue weighted by atomic mass is 9.48. The fourth-order valence-corrected chi connectivity index (χ4v) is 6.51. The Hall–Kier alpha value is -2.29. The molecule has 2 aromatic rings. The van der Waals surface area contributed by atoms with E-state index in [1.807, 2.05) is 24.3 Å². The molecule has 4 aliphatic rings. The standard InChI is InChI=1S/C25H29NO2/c1-28-23-8-2-17(3-9-23)13-24(27)26-22-6-4-21(5-7-22)25-14-18-10-19(15-25)12-20(11-18)16-25/h2-9,18-20H,10-16H2,1H3,(H,26,27). The molecule has 0 saturated heterocycles. The van der Waals surface area contributed by atoms with Crippen molar-refractivity contribution in [3.05, 3.63) is 59.7 Å². The highest BCUT2D eigenvalue weighted by atomic mass is 16.5. The summed E-state index contributed by atoms with van der Waals surface area (Å²) >= 11 is 0. The number of amides is 1. The Bertz CT molecular complexity index is 818. The Kier molecular flexibility index (Phi) is 4.41. The molecule has 0 heterocycles. The zero-order valence-electron chi connectivity index (χ0n) is 16.6. The van der Waals surface area contributed by atoms with Gasteiger partial charge in [0, 0.05) is 5.69 Å². The van der Waals surface area contributed by atoms with Crippen LogP contribution in [0.25, 0.3) is 0 Å². The van der Waals surface area contributed by atoms with Crippen LogP contribution in [0.1, 0.15) is 49.7 Å². The lowest BCUT2D eigenvalue weighted by Crippen LogP contribution is -2.48. The highest BCUT2D eigenvalue weighted by molar-refractivity contribution is 5.92. The number of ether oxygens (including phenoxy) is 1. The molecule has 0 aromatic heterocycles. The van der Waals surface area contributed by atoms with Crippen molar-refractivity contribution in [1.29, 1.82) is 0 Å². The van der Waals surface area contributed by atoms with Crippen LogP contribution in [0.2, 0.25) is 0 Å². The van der Waals surface area contributed by atoms with Crippen LogP contribution in [-0.4, -0.2) is 13.0 Å². The van der Waals surface area contributed by atoms with Crippen molar-refractivity contribution in [3.8, 4) is 5.75 Å². The van der Waals surface area contributed by atoms with Gasteiger partial charge < -0.3 is 10.1 Å². The Morgan fingerprint density at radius 2 is 1.50 bits per heavy atom. The second-order valence-corrected chi connectivity index (χ2v) is 9.35. The molecule has 0 atom stereocenters. The first kappa shape index (κ1) is 17.8. The van der Waals surface area contributed by atoms with Gasteiger partial charge in [0.2, 0.25) is 5.91 Å². The van der Waals surface area contributed by atoms with Crippen molar-refractivity contribution >= 4 is 11.6 Å². The van der Waals surface area contributed by atoms with Crippen LogP contribution in [0, 0.1) is 17.8 Å². The first-order valence-corrected chi connectivity index (χ1v) is 10.7. The number of anilines is 1. The van der Waals surface area contributed by atoms with Gasteiger partial charge in [-0.15, -0.1) is 0 Å². The average Bonchev–Trinajstić information content (AvgIpc) is 2.68. The van der Waals surface area contributed by atoms with Gasteiger partial charge in [-0.05, 0) is 97.1 Å². The number of benzene rings is 2. The zero-order chi connectivity index (χ0) is 19.1. The minimum absolute atomic E-state index is 0.0210. The molecule has 1 amide bonds. The first-order valence-electron chi connectivity index (χ1n) is 10.7. The average molecular weight is 376 g/mol. The molecule has 3 nitrogen and oxygen atoms in total. The summed E-state index contributed by atoms with van der Waals surface area (Å²) in [5, 5.41) is 3.05. The third-order valence-corrected chi connectivity index (χ3v) is 7.34. The normalized spacial score (nSPS) is 30.2. The number of nitrogens with one attached hydrogen (secondary N) is 1. The van der Waals surface area contributed by atoms with E-state index in [0.717, 1.165) is 34.8 Å². The molecule has 28 heavy (non-hydrogen) atoms. The minimum Gasteiger partial charge on any atom is -0.497 e. The van der Waals surface area contributed by atoms with Gasteiger partial charge in [0.15, 0.2) is 0 Å². The maximum Gasteiger partial charge on any atom is 0.228 e. The van der Waals surface area contributed by atoms with Crippen molar-refractivity contribution in [3.63, 3.8) is 0 Å². The van der Waals surface area contributed by atoms with E-state index in [2.05, 4.69) is 29.6 Å². The first-order chi connectivity index (χ1) is 13.6. The largest absolute Gasteiger partial charge is 0.497 e. The van der Waals surface area contributed by atoms with Gasteiger partial charge in [-0.1, -0.05) is 24.3 Å². The number of hydrogen-bond acceptors (Lipinski definition) is 2. The van der Waals surface area contributed by atoms with Gasteiger partial charge >= 0.3 is 0 Å². The summed E-state index contributed by atoms with van der Waals surface area (Å²) in [7, 11) is 1.65. The quantitative estimate of drug-likeness (QED) is 0.765. The number of carbonyl (C=O) groups is 1. The molecule has 0 aliphatic heterocycles. The molecule has 4 bridgehead atoms. The van der Waals surface area contributed by atoms with Gasteiger partial charge in [-0.2, -0.15) is 0 Å². The molecule has 3 heteroatoms. The molecule has 4 saturated carbocycles. The van der Waals surface area contributed by atoms with E-state index < -0.39 is 0 Å². The van der Waals surface area contributed by atoms with Crippen molar-refractivity contribution in [2.45, 2.75) is 50.4 Å². The Balaban J connectivity index is 1.24. The van der Waals surface area contributed by atoms with Crippen molar-refractivity contribution in [2.24, 2.45) is 17.8 Å². The molecule has 146 valence electrons. The fraction of sp³-hybridized carbons (Fsp3) is 0.480. The molecule has 0 radical (unpaired) electrons. The van der Waals surface area contributed by atoms with Crippen molar-refractivity contribution in [2.75, 3.05) is 12.4 Å². The van der Waals surface area contributed by atoms with Crippen molar-refractivity contribution in [1.82, 2.24) is 0 Å². The smallest absolute Gasteiger partial charge is 0.228 e. The van der Waals surface area contributed by atoms with Crippen LogP contribution in [0.4, 0.5) is 5.69 Å². The minimum atomic E-state index is 0.0210. The third-order valence-electron chi connectivity index (χ3n) is 7.34. The van der Waals surface area contributed by atoms with E-state index in [9.17, 15) is 4.79 Å². The lowest BCUT2D eigenvalue weighted by Gasteiger charge is -2.57. The van der Waals surface area contributed by atoms with E-state index in [1.165, 1.54) is 44.1 Å². The number of hydrogen-bond donors (Lipinski definition) is 1. The van der Waals surface area contributed by atoms with E-state index >= 15 is 0 Å². The second kappa shape index (κ2) is 6.95. The summed E-state index contributed by atoms with van der Waals surface area (Å²) < 4.78 is 5.17. The molecular weight excluding hydrogens is 346 g/mol. The Morgan fingerprint density at radius 1 is 0.929 bits per heavy atom. The van der Waals surface area contributed by atoms with Crippen LogP contribution in [-0.2, 0) is 16.6 Å². The van der Waals surface area contributed by atoms with Crippen LogP contribution in [0.15, 0.2) is 48.5 Å². The molecule has 1 N–H and O–H groups in total. The maximum atomic E-state index is 12.4.